The van der Waals surface area contributed by atoms with Gasteiger partial charge in [0.25, 0.3) is 0 Å². The lowest BCUT2D eigenvalue weighted by molar-refractivity contribution is 0.531. The number of benzene rings is 3. The summed E-state index contributed by atoms with van der Waals surface area (Å²) in [7, 11) is 0. The fourth-order valence-corrected chi connectivity index (χ4v) is 5.47. The van der Waals surface area contributed by atoms with Gasteiger partial charge in [-0.1, -0.05) is 36.4 Å². The number of hydrogen-bond donors (Lipinski definition) is 0. The van der Waals surface area contributed by atoms with Gasteiger partial charge in [0, 0.05) is 56.9 Å². The third-order valence-corrected chi connectivity index (χ3v) is 6.63. The molecule has 0 fully saturated rings. The molecule has 0 amide bonds. The van der Waals surface area contributed by atoms with Crippen molar-refractivity contribution in [3.63, 3.8) is 0 Å². The van der Waals surface area contributed by atoms with Gasteiger partial charge in [0.05, 0.1) is 5.52 Å². The Hall–Kier alpha value is -3.46. The van der Waals surface area contributed by atoms with Crippen molar-refractivity contribution in [2.75, 3.05) is 0 Å². The number of nitrogens with zero attached hydrogens (tertiary/aromatic N) is 1. The molecule has 3 heterocycles. The highest BCUT2D eigenvalue weighted by Crippen LogP contribution is 2.48. The fourth-order valence-electron chi connectivity index (χ4n) is 5.47. The van der Waals surface area contributed by atoms with Crippen LogP contribution in [0.25, 0.3) is 54.9 Å². The fraction of sp³-hybridized carbons (Fsp3) is 0.185. The predicted molar refractivity (Wildman–Crippen MR) is 122 cm³/mol. The second-order valence-corrected chi connectivity index (χ2v) is 8.65. The lowest BCUT2D eigenvalue weighted by atomic mass is 9.91. The molecule has 6 aromatic rings. The summed E-state index contributed by atoms with van der Waals surface area (Å²) in [5.74, 6) is 1.11. The van der Waals surface area contributed by atoms with Crippen molar-refractivity contribution in [2.24, 2.45) is 0 Å². The van der Waals surface area contributed by atoms with E-state index in [1.54, 1.807) is 0 Å². The molecule has 1 aliphatic rings. The lowest BCUT2D eigenvalue weighted by Crippen LogP contribution is -2.10. The van der Waals surface area contributed by atoms with Gasteiger partial charge in [-0.05, 0) is 38.5 Å². The molecule has 0 atom stereocenters. The molecule has 0 unspecified atom stereocenters. The van der Waals surface area contributed by atoms with Gasteiger partial charge >= 0.3 is 0 Å². The van der Waals surface area contributed by atoms with Gasteiger partial charge in [0.2, 0.25) is 0 Å². The summed E-state index contributed by atoms with van der Waals surface area (Å²) in [6.07, 6.45) is 1.94. The van der Waals surface area contributed by atoms with Crippen molar-refractivity contribution in [3.05, 3.63) is 72.1 Å². The SMILES string of the molecule is CC(C)n1c2c(c3cc4c(cc31)oc1ccccc14)-c1c(oc3ccccc13)CC2. The second kappa shape index (κ2) is 5.57. The highest BCUT2D eigenvalue weighted by molar-refractivity contribution is 6.15. The molecule has 3 heteroatoms. The zero-order valence-corrected chi connectivity index (χ0v) is 17.0. The second-order valence-electron chi connectivity index (χ2n) is 8.65. The van der Waals surface area contributed by atoms with E-state index in [0.29, 0.717) is 6.04 Å². The molecular weight excluding hydrogens is 370 g/mol. The monoisotopic (exact) mass is 391 g/mol. The molecule has 0 N–H and O–H groups in total. The van der Waals surface area contributed by atoms with Crippen LogP contribution in [0.3, 0.4) is 0 Å². The van der Waals surface area contributed by atoms with Gasteiger partial charge in [0.1, 0.15) is 22.5 Å². The van der Waals surface area contributed by atoms with Crippen LogP contribution in [0.5, 0.6) is 0 Å². The highest BCUT2D eigenvalue weighted by atomic mass is 16.3. The first-order chi connectivity index (χ1) is 14.7. The summed E-state index contributed by atoms with van der Waals surface area (Å²) in [5, 5.41) is 4.87. The molecule has 30 heavy (non-hydrogen) atoms. The molecule has 0 bridgehead atoms. The summed E-state index contributed by atoms with van der Waals surface area (Å²) in [4.78, 5) is 0. The molecule has 3 aromatic heterocycles. The van der Waals surface area contributed by atoms with Gasteiger partial charge in [-0.25, -0.2) is 0 Å². The van der Waals surface area contributed by atoms with Gasteiger partial charge in [-0.3, -0.25) is 0 Å². The van der Waals surface area contributed by atoms with Crippen LogP contribution >= 0.6 is 0 Å². The lowest BCUT2D eigenvalue weighted by Gasteiger charge is -2.18. The Morgan fingerprint density at radius 2 is 1.43 bits per heavy atom. The number of hydrogen-bond acceptors (Lipinski definition) is 2. The molecule has 0 aliphatic heterocycles. The van der Waals surface area contributed by atoms with Crippen LogP contribution in [-0.2, 0) is 12.8 Å². The quantitative estimate of drug-likeness (QED) is 0.288. The minimum Gasteiger partial charge on any atom is -0.460 e. The zero-order chi connectivity index (χ0) is 20.0. The van der Waals surface area contributed by atoms with Crippen LogP contribution in [-0.4, -0.2) is 4.57 Å². The van der Waals surface area contributed by atoms with E-state index in [2.05, 4.69) is 66.9 Å². The number of aryl methyl sites for hydroxylation is 1. The normalized spacial score (nSPS) is 13.7. The zero-order valence-electron chi connectivity index (χ0n) is 17.0. The Balaban J connectivity index is 1.69. The van der Waals surface area contributed by atoms with Crippen LogP contribution in [0.4, 0.5) is 0 Å². The topological polar surface area (TPSA) is 31.2 Å². The van der Waals surface area contributed by atoms with Crippen LogP contribution < -0.4 is 0 Å². The number of rotatable bonds is 1. The van der Waals surface area contributed by atoms with Crippen molar-refractivity contribution in [1.29, 1.82) is 0 Å². The Labute approximate surface area is 173 Å². The predicted octanol–water partition coefficient (Wildman–Crippen LogP) is 7.63. The number of aromatic nitrogens is 1. The van der Waals surface area contributed by atoms with Crippen LogP contribution in [0.15, 0.2) is 69.5 Å². The molecular formula is C27H21NO2. The molecule has 7 rings (SSSR count). The molecule has 0 saturated carbocycles. The van der Waals surface area contributed by atoms with Crippen LogP contribution in [0, 0.1) is 0 Å². The van der Waals surface area contributed by atoms with E-state index >= 15 is 0 Å². The molecule has 0 saturated heterocycles. The molecule has 1 aliphatic carbocycles. The average Bonchev–Trinajstić information content (AvgIpc) is 3.40. The first-order valence-electron chi connectivity index (χ1n) is 10.7. The van der Waals surface area contributed by atoms with Crippen molar-refractivity contribution < 1.29 is 8.83 Å². The summed E-state index contributed by atoms with van der Waals surface area (Å²) in [6, 6.07) is 21.7. The first-order valence-corrected chi connectivity index (χ1v) is 10.7. The molecule has 0 radical (unpaired) electrons. The standard InChI is InChI=1S/C27H21NO2/c1-15(2)28-20-11-12-24-27(17-8-4-6-10-23(17)29-24)26(20)19-13-18-16-7-3-5-9-22(16)30-25(18)14-21(19)28/h3-10,13-15H,11-12H2,1-2H3. The molecule has 0 spiro atoms. The maximum absolute atomic E-state index is 6.28. The summed E-state index contributed by atoms with van der Waals surface area (Å²) in [5.41, 5.74) is 8.17. The molecule has 146 valence electrons. The van der Waals surface area contributed by atoms with Gasteiger partial charge in [-0.2, -0.15) is 0 Å². The third kappa shape index (κ3) is 1.95. The maximum Gasteiger partial charge on any atom is 0.137 e. The van der Waals surface area contributed by atoms with Crippen LogP contribution in [0.1, 0.15) is 31.3 Å². The smallest absolute Gasteiger partial charge is 0.137 e. The minimum atomic E-state index is 0.373. The Kier molecular flexibility index (Phi) is 3.04. The largest absolute Gasteiger partial charge is 0.460 e. The van der Waals surface area contributed by atoms with E-state index in [1.807, 2.05) is 12.1 Å². The number of furan rings is 2. The Morgan fingerprint density at radius 3 is 2.23 bits per heavy atom. The number of fused-ring (bicyclic) bond motifs is 10. The summed E-state index contributed by atoms with van der Waals surface area (Å²) < 4.78 is 15.0. The van der Waals surface area contributed by atoms with E-state index in [1.165, 1.54) is 43.9 Å². The van der Waals surface area contributed by atoms with E-state index < -0.39 is 0 Å². The van der Waals surface area contributed by atoms with Gasteiger partial charge < -0.3 is 13.4 Å². The van der Waals surface area contributed by atoms with E-state index in [9.17, 15) is 0 Å². The third-order valence-electron chi connectivity index (χ3n) is 6.63. The average molecular weight is 391 g/mol. The van der Waals surface area contributed by atoms with E-state index in [-0.39, 0.29) is 0 Å². The Morgan fingerprint density at radius 1 is 0.700 bits per heavy atom. The van der Waals surface area contributed by atoms with Gasteiger partial charge in [-0.15, -0.1) is 0 Å². The number of para-hydroxylation sites is 2. The van der Waals surface area contributed by atoms with E-state index in [0.717, 1.165) is 35.4 Å². The summed E-state index contributed by atoms with van der Waals surface area (Å²) >= 11 is 0. The highest BCUT2D eigenvalue weighted by Gasteiger charge is 2.30. The minimum absolute atomic E-state index is 0.373. The van der Waals surface area contributed by atoms with Crippen LogP contribution in [0.2, 0.25) is 0 Å². The maximum atomic E-state index is 6.28. The van der Waals surface area contributed by atoms with Crippen molar-refractivity contribution in [2.45, 2.75) is 32.7 Å². The summed E-state index contributed by atoms with van der Waals surface area (Å²) in [6.45, 7) is 4.54. The van der Waals surface area contributed by atoms with Gasteiger partial charge in [0.15, 0.2) is 0 Å². The van der Waals surface area contributed by atoms with Crippen molar-refractivity contribution in [3.8, 4) is 11.1 Å². The molecule has 3 nitrogen and oxygen atoms in total. The van der Waals surface area contributed by atoms with Crippen molar-refractivity contribution in [1.82, 2.24) is 4.57 Å². The van der Waals surface area contributed by atoms with E-state index in [4.69, 9.17) is 8.83 Å². The van der Waals surface area contributed by atoms with Crippen molar-refractivity contribution >= 4 is 43.8 Å². The first kappa shape index (κ1) is 16.3. The molecule has 3 aromatic carbocycles. The Bertz CT molecular complexity index is 1620.